The van der Waals surface area contributed by atoms with E-state index < -0.39 is 10.0 Å². The Hall–Kier alpha value is -2.04. The zero-order valence-electron chi connectivity index (χ0n) is 18.1. The maximum absolute atomic E-state index is 13.0. The van der Waals surface area contributed by atoms with Crippen molar-refractivity contribution in [3.05, 3.63) is 63.1 Å². The number of thiazole rings is 1. The number of methoxy groups -OCH3 is 2. The summed E-state index contributed by atoms with van der Waals surface area (Å²) in [6, 6.07) is 10.1. The summed E-state index contributed by atoms with van der Waals surface area (Å²) in [5.74, 6) is 1.49. The first kappa shape index (κ1) is 24.1. The third-order valence-electron chi connectivity index (χ3n) is 5.44. The summed E-state index contributed by atoms with van der Waals surface area (Å²) in [5, 5.41) is 3.45. The van der Waals surface area contributed by atoms with Gasteiger partial charge in [0.15, 0.2) is 5.13 Å². The van der Waals surface area contributed by atoms with E-state index in [4.69, 9.17) is 37.7 Å². The fourth-order valence-electron chi connectivity index (χ4n) is 3.62. The van der Waals surface area contributed by atoms with E-state index in [1.165, 1.54) is 22.5 Å². The van der Waals surface area contributed by atoms with Gasteiger partial charge in [-0.1, -0.05) is 29.3 Å². The molecule has 0 saturated carbocycles. The molecule has 0 atom stereocenters. The van der Waals surface area contributed by atoms with Crippen LogP contribution in [0.15, 0.2) is 46.7 Å². The molecule has 0 aliphatic carbocycles. The minimum Gasteiger partial charge on any atom is -0.497 e. The van der Waals surface area contributed by atoms with Crippen LogP contribution in [-0.4, -0.2) is 58.1 Å². The summed E-state index contributed by atoms with van der Waals surface area (Å²) >= 11 is 13.5. The van der Waals surface area contributed by atoms with Crippen molar-refractivity contribution in [3.8, 4) is 11.5 Å². The summed E-state index contributed by atoms with van der Waals surface area (Å²) in [6.07, 6.45) is 0.634. The van der Waals surface area contributed by atoms with Crippen molar-refractivity contribution in [1.82, 2.24) is 9.29 Å². The highest BCUT2D eigenvalue weighted by atomic mass is 35.5. The lowest BCUT2D eigenvalue weighted by molar-refractivity contribution is 0.384. The van der Waals surface area contributed by atoms with Gasteiger partial charge in [-0.3, -0.25) is 0 Å². The van der Waals surface area contributed by atoms with Gasteiger partial charge in [0.05, 0.1) is 34.9 Å². The Morgan fingerprint density at radius 2 is 1.76 bits per heavy atom. The average molecular weight is 528 g/mol. The second-order valence-corrected chi connectivity index (χ2v) is 11.0. The number of rotatable bonds is 7. The molecule has 3 aromatic rings. The van der Waals surface area contributed by atoms with Crippen molar-refractivity contribution in [2.45, 2.75) is 11.3 Å². The average Bonchev–Trinajstić information content (AvgIpc) is 3.29. The Morgan fingerprint density at radius 1 is 1.00 bits per heavy atom. The van der Waals surface area contributed by atoms with E-state index in [2.05, 4.69) is 4.90 Å². The zero-order valence-corrected chi connectivity index (χ0v) is 21.3. The summed E-state index contributed by atoms with van der Waals surface area (Å²) in [5.41, 5.74) is 1.96. The van der Waals surface area contributed by atoms with E-state index in [1.54, 1.807) is 25.6 Å². The Labute approximate surface area is 207 Å². The number of aromatic nitrogens is 1. The lowest BCUT2D eigenvalue weighted by atomic mass is 10.1. The predicted molar refractivity (Wildman–Crippen MR) is 132 cm³/mol. The monoisotopic (exact) mass is 527 g/mol. The fourth-order valence-corrected chi connectivity index (χ4v) is 6.31. The van der Waals surface area contributed by atoms with Gasteiger partial charge in [0.25, 0.3) is 0 Å². The fraction of sp³-hybridized carbons (Fsp3) is 0.318. The number of piperazine rings is 1. The minimum absolute atomic E-state index is 0.148. The molecule has 4 rings (SSSR count). The number of anilines is 1. The van der Waals surface area contributed by atoms with Crippen molar-refractivity contribution < 1.29 is 17.9 Å². The van der Waals surface area contributed by atoms with Crippen LogP contribution in [0.25, 0.3) is 0 Å². The summed E-state index contributed by atoms with van der Waals surface area (Å²) in [7, 11) is -0.376. The maximum atomic E-state index is 13.0. The standard InChI is InChI=1S/C22H23Cl2N3O4S2/c1-30-17-4-3-15(21(12-17)31-2)11-16-14-32-22(25-16)26-7-9-27(10-8-26)33(28,29)18-5-6-19(23)20(24)13-18/h3-6,12-14H,7-11H2,1-2H3. The molecule has 0 N–H and O–H groups in total. The lowest BCUT2D eigenvalue weighted by Gasteiger charge is -2.33. The highest BCUT2D eigenvalue weighted by Crippen LogP contribution is 2.30. The molecule has 7 nitrogen and oxygen atoms in total. The number of sulfonamides is 1. The molecule has 0 amide bonds. The summed E-state index contributed by atoms with van der Waals surface area (Å²) < 4.78 is 38.2. The molecule has 1 saturated heterocycles. The molecule has 2 heterocycles. The first-order valence-electron chi connectivity index (χ1n) is 10.2. The maximum Gasteiger partial charge on any atom is 0.243 e. The highest BCUT2D eigenvalue weighted by molar-refractivity contribution is 7.89. The van der Waals surface area contributed by atoms with Crippen LogP contribution in [0, 0.1) is 0 Å². The molecule has 2 aromatic carbocycles. The molecule has 0 unspecified atom stereocenters. The van der Waals surface area contributed by atoms with E-state index in [0.717, 1.165) is 27.9 Å². The van der Waals surface area contributed by atoms with Gasteiger partial charge in [0.1, 0.15) is 11.5 Å². The first-order valence-corrected chi connectivity index (χ1v) is 13.2. The molecule has 0 radical (unpaired) electrons. The first-order chi connectivity index (χ1) is 15.8. The van der Waals surface area contributed by atoms with E-state index >= 15 is 0 Å². The van der Waals surface area contributed by atoms with Crippen LogP contribution >= 0.6 is 34.5 Å². The molecule has 1 aromatic heterocycles. The molecule has 0 bridgehead atoms. The van der Waals surface area contributed by atoms with E-state index in [1.807, 2.05) is 23.6 Å². The Kier molecular flexibility index (Phi) is 7.35. The normalized spacial score (nSPS) is 15.0. The van der Waals surface area contributed by atoms with E-state index in [-0.39, 0.29) is 9.92 Å². The highest BCUT2D eigenvalue weighted by Gasteiger charge is 2.29. The predicted octanol–water partition coefficient (Wildman–Crippen LogP) is 4.57. The van der Waals surface area contributed by atoms with E-state index in [0.29, 0.717) is 37.6 Å². The second-order valence-electron chi connectivity index (χ2n) is 7.44. The van der Waals surface area contributed by atoms with Crippen LogP contribution in [0.4, 0.5) is 5.13 Å². The van der Waals surface area contributed by atoms with Crippen molar-refractivity contribution in [3.63, 3.8) is 0 Å². The molecule has 11 heteroatoms. The quantitative estimate of drug-likeness (QED) is 0.448. The molecule has 1 fully saturated rings. The van der Waals surface area contributed by atoms with Crippen LogP contribution in [0.2, 0.25) is 10.0 Å². The molecule has 33 heavy (non-hydrogen) atoms. The number of ether oxygens (including phenoxy) is 2. The summed E-state index contributed by atoms with van der Waals surface area (Å²) in [4.78, 5) is 7.03. The molecular formula is C22H23Cl2N3O4S2. The lowest BCUT2D eigenvalue weighted by Crippen LogP contribution is -2.48. The largest absolute Gasteiger partial charge is 0.497 e. The second kappa shape index (κ2) is 10.1. The number of halogens is 2. The Morgan fingerprint density at radius 3 is 2.42 bits per heavy atom. The van der Waals surface area contributed by atoms with Crippen molar-refractivity contribution in [2.24, 2.45) is 0 Å². The number of hydrogen-bond donors (Lipinski definition) is 0. The van der Waals surface area contributed by atoms with Crippen molar-refractivity contribution in [1.29, 1.82) is 0 Å². The van der Waals surface area contributed by atoms with Crippen LogP contribution in [-0.2, 0) is 16.4 Å². The minimum atomic E-state index is -3.63. The zero-order chi connectivity index (χ0) is 23.6. The number of benzene rings is 2. The van der Waals surface area contributed by atoms with Gasteiger partial charge >= 0.3 is 0 Å². The van der Waals surface area contributed by atoms with Crippen molar-refractivity contribution in [2.75, 3.05) is 45.3 Å². The van der Waals surface area contributed by atoms with Gasteiger partial charge in [-0.05, 0) is 24.3 Å². The summed E-state index contributed by atoms with van der Waals surface area (Å²) in [6.45, 7) is 1.84. The van der Waals surface area contributed by atoms with Crippen LogP contribution in [0.3, 0.4) is 0 Å². The molecule has 176 valence electrons. The Balaban J connectivity index is 1.41. The van der Waals surface area contributed by atoms with Gasteiger partial charge in [-0.15, -0.1) is 11.3 Å². The van der Waals surface area contributed by atoms with Gasteiger partial charge in [-0.2, -0.15) is 4.31 Å². The molecule has 1 aliphatic rings. The van der Waals surface area contributed by atoms with Crippen molar-refractivity contribution >= 4 is 49.7 Å². The van der Waals surface area contributed by atoms with E-state index in [9.17, 15) is 8.42 Å². The van der Waals surface area contributed by atoms with Gasteiger partial charge < -0.3 is 14.4 Å². The van der Waals surface area contributed by atoms with Gasteiger partial charge in [0, 0.05) is 49.6 Å². The number of hydrogen-bond acceptors (Lipinski definition) is 7. The Bertz CT molecular complexity index is 1240. The molecule has 1 aliphatic heterocycles. The number of nitrogens with zero attached hydrogens (tertiary/aromatic N) is 3. The third kappa shape index (κ3) is 5.22. The smallest absolute Gasteiger partial charge is 0.243 e. The van der Waals surface area contributed by atoms with Crippen LogP contribution in [0.1, 0.15) is 11.3 Å². The van der Waals surface area contributed by atoms with Crippen LogP contribution < -0.4 is 14.4 Å². The topological polar surface area (TPSA) is 72.0 Å². The third-order valence-corrected chi connectivity index (χ3v) is 9.03. The van der Waals surface area contributed by atoms with Gasteiger partial charge in [0.2, 0.25) is 10.0 Å². The molecule has 0 spiro atoms. The molecular weight excluding hydrogens is 505 g/mol. The SMILES string of the molecule is COc1ccc(Cc2csc(N3CCN(S(=O)(=O)c4ccc(Cl)c(Cl)c4)CC3)n2)c(OC)c1. The van der Waals surface area contributed by atoms with Crippen LogP contribution in [0.5, 0.6) is 11.5 Å². The van der Waals surface area contributed by atoms with Gasteiger partial charge in [-0.25, -0.2) is 13.4 Å².